The number of carboxylic acids is 1. The maximum Gasteiger partial charge on any atom is 0.436 e. The molecule has 0 radical (unpaired) electrons. The highest BCUT2D eigenvalue weighted by molar-refractivity contribution is 5.99. The summed E-state index contributed by atoms with van der Waals surface area (Å²) in [5, 5.41) is 13.9. The highest BCUT2D eigenvalue weighted by atomic mass is 19.4. The Morgan fingerprint density at radius 2 is 1.89 bits per heavy atom. The number of benzene rings is 1. The zero-order valence-corrected chi connectivity index (χ0v) is 19.6. The van der Waals surface area contributed by atoms with Gasteiger partial charge in [0.15, 0.2) is 5.69 Å². The summed E-state index contributed by atoms with van der Waals surface area (Å²) in [5.41, 5.74) is 9.56. The molecule has 13 heteroatoms. The maximum absolute atomic E-state index is 12.8. The molecular weight excluding hydrogens is 493 g/mol. The molecule has 0 atom stereocenters. The third-order valence-corrected chi connectivity index (χ3v) is 4.94. The minimum atomic E-state index is -4.82. The topological polar surface area (TPSA) is 159 Å². The minimum absolute atomic E-state index is 0.0303. The van der Waals surface area contributed by atoms with Crippen LogP contribution in [-0.4, -0.2) is 43.3 Å². The number of rotatable bonds is 7. The average molecular weight is 516 g/mol. The maximum atomic E-state index is 12.8. The molecule has 37 heavy (non-hydrogen) atoms. The number of ether oxygens (including phenoxy) is 1. The molecule has 10 nitrogen and oxygen atoms in total. The number of carboxylic acid groups (broad SMARTS) is 1. The quantitative estimate of drug-likeness (QED) is 0.335. The number of hydrogen-bond donors (Lipinski definition) is 3. The molecule has 0 saturated carbocycles. The van der Waals surface area contributed by atoms with Crippen LogP contribution >= 0.6 is 0 Å². The lowest BCUT2D eigenvalue weighted by molar-refractivity contribution is -0.142. The zero-order valence-electron chi connectivity index (χ0n) is 19.6. The number of halogens is 3. The standard InChI is InChI=1S/C14H14F3N3O3.C10H9N3O/c1-2-5-23-11-4-3-9(6-18-11)7-20-8-10(13(21)22)12(19-20)14(15,16)17;11-9-8-2-1-7(10(12)14)5-6(8)3-4-13-9/h3-4,6,8H,2,5,7H2,1H3,(H,21,22);1-5H,(H2,11,13)(H2,12,14). The second-order valence-electron chi connectivity index (χ2n) is 7.74. The van der Waals surface area contributed by atoms with Gasteiger partial charge in [0, 0.05) is 35.6 Å². The Morgan fingerprint density at radius 3 is 2.46 bits per heavy atom. The lowest BCUT2D eigenvalue weighted by Gasteiger charge is -2.05. The first-order valence-corrected chi connectivity index (χ1v) is 10.9. The van der Waals surface area contributed by atoms with Crippen molar-refractivity contribution in [3.8, 4) is 5.88 Å². The van der Waals surface area contributed by atoms with Gasteiger partial charge in [0.25, 0.3) is 0 Å². The van der Waals surface area contributed by atoms with E-state index < -0.39 is 29.3 Å². The summed E-state index contributed by atoms with van der Waals surface area (Å²) in [4.78, 5) is 29.8. The number of aromatic nitrogens is 4. The second-order valence-corrected chi connectivity index (χ2v) is 7.74. The highest BCUT2D eigenvalue weighted by Gasteiger charge is 2.39. The fourth-order valence-electron chi connectivity index (χ4n) is 3.21. The molecule has 4 rings (SSSR count). The monoisotopic (exact) mass is 516 g/mol. The second kappa shape index (κ2) is 11.4. The predicted molar refractivity (Wildman–Crippen MR) is 128 cm³/mol. The number of nitrogen functional groups attached to an aromatic ring is 1. The largest absolute Gasteiger partial charge is 0.478 e. The predicted octanol–water partition coefficient (Wildman–Crippen LogP) is 3.75. The fourth-order valence-corrected chi connectivity index (χ4v) is 3.21. The number of pyridine rings is 2. The number of hydrogen-bond acceptors (Lipinski definition) is 7. The van der Waals surface area contributed by atoms with Crippen LogP contribution in [0.1, 0.15) is 45.3 Å². The molecule has 0 spiro atoms. The van der Waals surface area contributed by atoms with Gasteiger partial charge in [-0.2, -0.15) is 18.3 Å². The van der Waals surface area contributed by atoms with Gasteiger partial charge < -0.3 is 21.3 Å². The van der Waals surface area contributed by atoms with Gasteiger partial charge >= 0.3 is 12.1 Å². The number of carbonyl (C=O) groups excluding carboxylic acids is 1. The molecule has 3 aromatic heterocycles. The van der Waals surface area contributed by atoms with Gasteiger partial charge in [-0.3, -0.25) is 9.48 Å². The molecule has 3 heterocycles. The van der Waals surface area contributed by atoms with E-state index in [-0.39, 0.29) is 6.54 Å². The molecule has 0 bridgehead atoms. The average Bonchev–Trinajstić information content (AvgIpc) is 3.29. The van der Waals surface area contributed by atoms with Crippen molar-refractivity contribution in [3.05, 3.63) is 77.4 Å². The summed E-state index contributed by atoms with van der Waals surface area (Å²) >= 11 is 0. The van der Waals surface area contributed by atoms with E-state index in [4.69, 9.17) is 21.3 Å². The normalized spacial score (nSPS) is 11.0. The smallest absolute Gasteiger partial charge is 0.436 e. The van der Waals surface area contributed by atoms with Gasteiger partial charge in [-0.15, -0.1) is 0 Å². The van der Waals surface area contributed by atoms with Crippen molar-refractivity contribution in [2.24, 2.45) is 5.73 Å². The molecule has 4 aromatic rings. The molecule has 194 valence electrons. The fraction of sp³-hybridized carbons (Fsp3) is 0.208. The number of carbonyl (C=O) groups is 2. The lowest BCUT2D eigenvalue weighted by atomic mass is 10.1. The molecule has 0 aliphatic rings. The van der Waals surface area contributed by atoms with Crippen molar-refractivity contribution < 1.29 is 32.6 Å². The molecule has 0 fully saturated rings. The summed E-state index contributed by atoms with van der Waals surface area (Å²) in [5.74, 6) is -1.25. The van der Waals surface area contributed by atoms with E-state index in [1.165, 1.54) is 6.20 Å². The Bertz CT molecular complexity index is 1400. The molecule has 1 amide bonds. The van der Waals surface area contributed by atoms with Crippen LogP contribution in [0, 0.1) is 0 Å². The van der Waals surface area contributed by atoms with Gasteiger partial charge in [-0.1, -0.05) is 13.0 Å². The number of nitrogens with two attached hydrogens (primary N) is 2. The van der Waals surface area contributed by atoms with E-state index >= 15 is 0 Å². The van der Waals surface area contributed by atoms with Crippen LogP contribution in [0.2, 0.25) is 0 Å². The van der Waals surface area contributed by atoms with E-state index in [1.807, 2.05) is 6.92 Å². The third-order valence-electron chi connectivity index (χ3n) is 4.94. The molecule has 1 aromatic carbocycles. The van der Waals surface area contributed by atoms with Crippen molar-refractivity contribution in [1.29, 1.82) is 0 Å². The van der Waals surface area contributed by atoms with E-state index in [9.17, 15) is 22.8 Å². The van der Waals surface area contributed by atoms with Crippen molar-refractivity contribution >= 4 is 28.5 Å². The lowest BCUT2D eigenvalue weighted by Crippen LogP contribution is -2.12. The van der Waals surface area contributed by atoms with Gasteiger partial charge in [0.2, 0.25) is 11.8 Å². The zero-order chi connectivity index (χ0) is 27.2. The molecule has 0 aliphatic heterocycles. The van der Waals surface area contributed by atoms with E-state index in [0.717, 1.165) is 28.1 Å². The number of primary amides is 1. The molecule has 0 unspecified atom stereocenters. The minimum Gasteiger partial charge on any atom is -0.478 e. The third kappa shape index (κ3) is 6.93. The van der Waals surface area contributed by atoms with Gasteiger partial charge in [-0.05, 0) is 41.6 Å². The van der Waals surface area contributed by atoms with Gasteiger partial charge in [0.05, 0.1) is 13.2 Å². The van der Waals surface area contributed by atoms with E-state index in [1.54, 1.807) is 42.6 Å². The Labute approximate surface area is 208 Å². The Balaban J connectivity index is 0.000000231. The van der Waals surface area contributed by atoms with Crippen LogP contribution in [0.5, 0.6) is 5.88 Å². The first-order valence-electron chi connectivity index (χ1n) is 10.9. The van der Waals surface area contributed by atoms with Crippen molar-refractivity contribution in [2.75, 3.05) is 12.3 Å². The Kier molecular flexibility index (Phi) is 8.27. The summed E-state index contributed by atoms with van der Waals surface area (Å²) in [7, 11) is 0. The number of aromatic carboxylic acids is 1. The summed E-state index contributed by atoms with van der Waals surface area (Å²) < 4.78 is 44.5. The van der Waals surface area contributed by atoms with Crippen molar-refractivity contribution in [1.82, 2.24) is 19.7 Å². The van der Waals surface area contributed by atoms with Crippen LogP contribution in [-0.2, 0) is 12.7 Å². The Hall–Kier alpha value is -4.68. The van der Waals surface area contributed by atoms with E-state index in [2.05, 4.69) is 15.1 Å². The summed E-state index contributed by atoms with van der Waals surface area (Å²) in [6.45, 7) is 2.43. The van der Waals surface area contributed by atoms with Crippen LogP contribution < -0.4 is 16.2 Å². The van der Waals surface area contributed by atoms with Crippen LogP contribution in [0.3, 0.4) is 0 Å². The van der Waals surface area contributed by atoms with Crippen molar-refractivity contribution in [2.45, 2.75) is 26.1 Å². The number of amides is 1. The van der Waals surface area contributed by atoms with E-state index in [0.29, 0.717) is 29.4 Å². The number of fused-ring (bicyclic) bond motifs is 1. The first kappa shape index (κ1) is 26.9. The number of alkyl halides is 3. The van der Waals surface area contributed by atoms with Crippen LogP contribution in [0.4, 0.5) is 19.0 Å². The van der Waals surface area contributed by atoms with Gasteiger partial charge in [0.1, 0.15) is 11.4 Å². The van der Waals surface area contributed by atoms with Crippen molar-refractivity contribution in [3.63, 3.8) is 0 Å². The number of nitrogens with zero attached hydrogens (tertiary/aromatic N) is 4. The highest BCUT2D eigenvalue weighted by Crippen LogP contribution is 2.30. The van der Waals surface area contributed by atoms with Crippen LogP contribution in [0.15, 0.2) is 55.0 Å². The molecule has 5 N–H and O–H groups in total. The van der Waals surface area contributed by atoms with Gasteiger partial charge in [-0.25, -0.2) is 14.8 Å². The summed E-state index contributed by atoms with van der Waals surface area (Å²) in [6.07, 6.45) is -0.0978. The first-order chi connectivity index (χ1) is 17.5. The number of anilines is 1. The SMILES string of the molecule is CCCOc1ccc(Cn2cc(C(=O)O)c(C(F)(F)F)n2)cn1.NC(=O)c1ccc2c(N)nccc2c1. The molecular formula is C24H23F3N6O4. The van der Waals surface area contributed by atoms with Crippen LogP contribution in [0.25, 0.3) is 10.8 Å². The molecule has 0 aliphatic carbocycles. The summed E-state index contributed by atoms with van der Waals surface area (Å²) in [6, 6.07) is 10.1. The Morgan fingerprint density at radius 1 is 1.14 bits per heavy atom. The molecule has 0 saturated heterocycles.